The third kappa shape index (κ3) is 7.08. The van der Waals surface area contributed by atoms with Gasteiger partial charge in [0.1, 0.15) is 0 Å². The number of hydrogen-bond donors (Lipinski definition) is 1. The van der Waals surface area contributed by atoms with Crippen LogP contribution >= 0.6 is 11.8 Å². The Labute approximate surface area is 194 Å². The summed E-state index contributed by atoms with van der Waals surface area (Å²) in [7, 11) is 2.03. The number of nitrogens with zero attached hydrogens (tertiary/aromatic N) is 3. The summed E-state index contributed by atoms with van der Waals surface area (Å²) in [5, 5.41) is 11.3. The van der Waals surface area contributed by atoms with Gasteiger partial charge in [-0.2, -0.15) is 0 Å². The molecule has 1 fully saturated rings. The van der Waals surface area contributed by atoms with Crippen LogP contribution in [0.15, 0.2) is 40.0 Å². The second-order valence-electron chi connectivity index (χ2n) is 8.87. The van der Waals surface area contributed by atoms with Crippen LogP contribution in [0.3, 0.4) is 0 Å². The Bertz CT molecular complexity index is 865. The van der Waals surface area contributed by atoms with Gasteiger partial charge < -0.3 is 14.6 Å². The molecule has 1 aromatic carbocycles. The van der Waals surface area contributed by atoms with Crippen LogP contribution in [0, 0.1) is 11.8 Å². The van der Waals surface area contributed by atoms with E-state index in [4.69, 9.17) is 4.42 Å². The fraction of sp³-hybridized carbons (Fsp3) is 0.583. The number of para-hydroxylation sites is 1. The number of hydrogen-bond acceptors (Lipinski definition) is 7. The Kier molecular flexibility index (Phi) is 9.14. The van der Waals surface area contributed by atoms with Crippen molar-refractivity contribution >= 4 is 29.1 Å². The number of Topliss-reactive ketones (excluding diaryl/α,β-unsaturated/α-hetero) is 1. The van der Waals surface area contributed by atoms with E-state index in [1.165, 1.54) is 18.2 Å². The number of carbonyl (C=O) groups is 2. The van der Waals surface area contributed by atoms with Crippen molar-refractivity contribution in [3.63, 3.8) is 0 Å². The number of ketones is 1. The minimum atomic E-state index is -0.632. The largest absolute Gasteiger partial charge is 0.408 e. The first-order valence-corrected chi connectivity index (χ1v) is 12.5. The molecule has 0 aliphatic heterocycles. The van der Waals surface area contributed by atoms with E-state index < -0.39 is 6.04 Å². The highest BCUT2D eigenvalue weighted by molar-refractivity contribution is 7.99. The molecular formula is C24H34N4O3S. The standard InChI is InChI=1S/C24H34N4O3S/c1-17(2)16-20(25-22(30)18-10-6-4-7-11-18)21(29)23-26-27-24(31-23)32-15-14-28(3)19-12-8-5-9-13-19/h5,8-9,12-13,17-18,20H,4,6-7,10-11,14-16H2,1-3H3,(H,25,30). The number of thioether (sulfide) groups is 1. The van der Waals surface area contributed by atoms with Crippen molar-refractivity contribution in [2.75, 3.05) is 24.2 Å². The van der Waals surface area contributed by atoms with Crippen LogP contribution in [-0.2, 0) is 4.79 Å². The van der Waals surface area contributed by atoms with Gasteiger partial charge in [0.05, 0.1) is 6.04 Å². The van der Waals surface area contributed by atoms with E-state index in [1.807, 2.05) is 39.1 Å². The molecule has 0 radical (unpaired) electrons. The van der Waals surface area contributed by atoms with E-state index >= 15 is 0 Å². The molecule has 7 nitrogen and oxygen atoms in total. The van der Waals surface area contributed by atoms with Crippen molar-refractivity contribution in [2.45, 2.75) is 63.6 Å². The zero-order valence-electron chi connectivity index (χ0n) is 19.3. The summed E-state index contributed by atoms with van der Waals surface area (Å²) >= 11 is 1.42. The molecule has 1 amide bonds. The van der Waals surface area contributed by atoms with Gasteiger partial charge in [-0.15, -0.1) is 10.2 Å². The van der Waals surface area contributed by atoms with Gasteiger partial charge in [-0.25, -0.2) is 0 Å². The van der Waals surface area contributed by atoms with Crippen molar-refractivity contribution in [3.05, 3.63) is 36.2 Å². The van der Waals surface area contributed by atoms with Gasteiger partial charge in [0, 0.05) is 31.0 Å². The normalized spacial score (nSPS) is 15.5. The molecule has 3 rings (SSSR count). The van der Waals surface area contributed by atoms with E-state index in [9.17, 15) is 9.59 Å². The molecule has 1 aromatic heterocycles. The van der Waals surface area contributed by atoms with Crippen molar-refractivity contribution in [1.29, 1.82) is 0 Å². The average molecular weight is 459 g/mol. The Balaban J connectivity index is 1.55. The number of anilines is 1. The third-order valence-corrected chi connectivity index (χ3v) is 6.58. The van der Waals surface area contributed by atoms with Gasteiger partial charge in [0.25, 0.3) is 11.1 Å². The summed E-state index contributed by atoms with van der Waals surface area (Å²) in [5.41, 5.74) is 1.14. The highest BCUT2D eigenvalue weighted by Gasteiger charge is 2.30. The van der Waals surface area contributed by atoms with Crippen LogP contribution in [0.2, 0.25) is 0 Å². The molecule has 1 aliphatic carbocycles. The van der Waals surface area contributed by atoms with Gasteiger partial charge in [-0.1, -0.05) is 63.1 Å². The lowest BCUT2D eigenvalue weighted by atomic mass is 9.88. The summed E-state index contributed by atoms with van der Waals surface area (Å²) in [6.07, 6.45) is 5.67. The molecule has 1 unspecified atom stereocenters. The molecular weight excluding hydrogens is 424 g/mol. The third-order valence-electron chi connectivity index (χ3n) is 5.78. The summed E-state index contributed by atoms with van der Waals surface area (Å²) in [6, 6.07) is 9.50. The molecule has 8 heteroatoms. The Morgan fingerprint density at radius 2 is 1.88 bits per heavy atom. The first-order valence-electron chi connectivity index (χ1n) is 11.5. The first kappa shape index (κ1) is 24.3. The van der Waals surface area contributed by atoms with Crippen LogP contribution in [0.1, 0.15) is 63.1 Å². The lowest BCUT2D eigenvalue weighted by molar-refractivity contribution is -0.126. The molecule has 0 bridgehead atoms. The predicted octanol–water partition coefficient (Wildman–Crippen LogP) is 4.59. The zero-order chi connectivity index (χ0) is 22.9. The molecule has 1 atom stereocenters. The average Bonchev–Trinajstić information content (AvgIpc) is 3.27. The number of carbonyl (C=O) groups excluding carboxylic acids is 2. The fourth-order valence-corrected chi connectivity index (χ4v) is 4.73. The molecule has 0 saturated heterocycles. The number of amides is 1. The van der Waals surface area contributed by atoms with Gasteiger partial charge in [0.15, 0.2) is 0 Å². The Morgan fingerprint density at radius 3 is 2.56 bits per heavy atom. The highest BCUT2D eigenvalue weighted by atomic mass is 32.2. The van der Waals surface area contributed by atoms with Gasteiger partial charge in [-0.05, 0) is 37.3 Å². The van der Waals surface area contributed by atoms with E-state index in [0.717, 1.165) is 43.7 Å². The zero-order valence-corrected chi connectivity index (χ0v) is 20.1. The van der Waals surface area contributed by atoms with Crippen molar-refractivity contribution < 1.29 is 14.0 Å². The number of aromatic nitrogens is 2. The second-order valence-corrected chi connectivity index (χ2v) is 9.91. The van der Waals surface area contributed by atoms with E-state index in [2.05, 4.69) is 32.5 Å². The molecule has 1 N–H and O–H groups in total. The van der Waals surface area contributed by atoms with Crippen molar-refractivity contribution in [2.24, 2.45) is 11.8 Å². The lowest BCUT2D eigenvalue weighted by Gasteiger charge is -2.24. The number of benzene rings is 1. The predicted molar refractivity (Wildman–Crippen MR) is 127 cm³/mol. The van der Waals surface area contributed by atoms with Crippen LogP contribution in [0.25, 0.3) is 0 Å². The molecule has 174 valence electrons. The molecule has 2 aromatic rings. The summed E-state index contributed by atoms with van der Waals surface area (Å²) in [4.78, 5) is 27.9. The Hall–Kier alpha value is -2.35. The number of rotatable bonds is 11. The fourth-order valence-electron chi connectivity index (χ4n) is 3.96. The smallest absolute Gasteiger partial charge is 0.286 e. The van der Waals surface area contributed by atoms with Crippen LogP contribution in [-0.4, -0.2) is 47.3 Å². The first-order chi connectivity index (χ1) is 15.4. The monoisotopic (exact) mass is 458 g/mol. The van der Waals surface area contributed by atoms with E-state index in [-0.39, 0.29) is 29.4 Å². The van der Waals surface area contributed by atoms with Gasteiger partial charge in [0.2, 0.25) is 11.7 Å². The highest BCUT2D eigenvalue weighted by Crippen LogP contribution is 2.25. The van der Waals surface area contributed by atoms with Crippen LogP contribution in [0.5, 0.6) is 0 Å². The molecule has 0 spiro atoms. The molecule has 1 aliphatic rings. The van der Waals surface area contributed by atoms with Gasteiger partial charge in [-0.3, -0.25) is 9.59 Å². The topological polar surface area (TPSA) is 88.3 Å². The molecule has 32 heavy (non-hydrogen) atoms. The van der Waals surface area contributed by atoms with Crippen molar-refractivity contribution in [3.8, 4) is 0 Å². The molecule has 1 heterocycles. The SMILES string of the molecule is CC(C)CC(NC(=O)C1CCCCC1)C(=O)c1nnc(SCCN(C)c2ccccc2)o1. The minimum absolute atomic E-state index is 0.00150. The summed E-state index contributed by atoms with van der Waals surface area (Å²) in [5.74, 6) is 0.640. The summed E-state index contributed by atoms with van der Waals surface area (Å²) in [6.45, 7) is 4.87. The maximum Gasteiger partial charge on any atom is 0.286 e. The van der Waals surface area contributed by atoms with Crippen LogP contribution in [0.4, 0.5) is 5.69 Å². The lowest BCUT2D eigenvalue weighted by Crippen LogP contribution is -2.45. The number of nitrogens with one attached hydrogen (secondary N) is 1. The Morgan fingerprint density at radius 1 is 1.16 bits per heavy atom. The minimum Gasteiger partial charge on any atom is -0.408 e. The molecule has 1 saturated carbocycles. The van der Waals surface area contributed by atoms with Crippen molar-refractivity contribution in [1.82, 2.24) is 15.5 Å². The summed E-state index contributed by atoms with van der Waals surface area (Å²) < 4.78 is 5.64. The van der Waals surface area contributed by atoms with E-state index in [0.29, 0.717) is 11.6 Å². The maximum absolute atomic E-state index is 13.1. The second kappa shape index (κ2) is 12.0. The van der Waals surface area contributed by atoms with Gasteiger partial charge >= 0.3 is 0 Å². The van der Waals surface area contributed by atoms with E-state index in [1.54, 1.807) is 0 Å². The maximum atomic E-state index is 13.1. The van der Waals surface area contributed by atoms with Crippen LogP contribution < -0.4 is 10.2 Å². The quantitative estimate of drug-likeness (QED) is 0.389.